The van der Waals surface area contributed by atoms with E-state index in [1.165, 1.54) is 5.57 Å². The molecule has 0 amide bonds. The highest BCUT2D eigenvalue weighted by Gasteiger charge is 2.02. The third kappa shape index (κ3) is 1.22. The van der Waals surface area contributed by atoms with Crippen LogP contribution in [0.4, 0.5) is 0 Å². The molecule has 0 aliphatic carbocycles. The summed E-state index contributed by atoms with van der Waals surface area (Å²) < 4.78 is 0. The number of nitrogens with one attached hydrogen (secondary N) is 1. The second-order valence-electron chi connectivity index (χ2n) is 2.12. The molecule has 48 valence electrons. The van der Waals surface area contributed by atoms with E-state index in [0.717, 1.165) is 0 Å². The summed E-state index contributed by atoms with van der Waals surface area (Å²) in [5.41, 5.74) is 1.25. The molecule has 0 saturated heterocycles. The van der Waals surface area contributed by atoms with Crippen LogP contribution in [0.1, 0.15) is 6.92 Å². The minimum Gasteiger partial charge on any atom is -0.384 e. The summed E-state index contributed by atoms with van der Waals surface area (Å²) in [5, 5.41) is 3.16. The quantitative estimate of drug-likeness (QED) is 0.555. The van der Waals surface area contributed by atoms with Gasteiger partial charge in [-0.1, -0.05) is 18.7 Å². The highest BCUT2D eigenvalue weighted by Crippen LogP contribution is 2.06. The van der Waals surface area contributed by atoms with Gasteiger partial charge < -0.3 is 5.32 Å². The first-order chi connectivity index (χ1) is 4.34. The Morgan fingerprint density at radius 3 is 3.00 bits per heavy atom. The predicted octanol–water partition coefficient (Wildman–Crippen LogP) is 1.60. The Hall–Kier alpha value is -0.980. The molecule has 9 heavy (non-hydrogen) atoms. The van der Waals surface area contributed by atoms with Crippen LogP contribution in [0.3, 0.4) is 0 Å². The lowest BCUT2D eigenvalue weighted by Gasteiger charge is -2.15. The van der Waals surface area contributed by atoms with Crippen LogP contribution >= 0.6 is 0 Å². The first-order valence-electron chi connectivity index (χ1n) is 3.10. The summed E-state index contributed by atoms with van der Waals surface area (Å²) in [6.07, 6.45) is 7.87. The van der Waals surface area contributed by atoms with Gasteiger partial charge in [-0.25, -0.2) is 0 Å². The largest absolute Gasteiger partial charge is 0.384 e. The standard InChI is InChI=1S/C8H11N/c1-3-8-5-4-6-9-7(8)2/h3-7,9H,1H2,2H3. The molecule has 1 heterocycles. The van der Waals surface area contributed by atoms with Gasteiger partial charge in [0.05, 0.1) is 0 Å². The molecule has 1 nitrogen and oxygen atoms in total. The second-order valence-corrected chi connectivity index (χ2v) is 2.12. The van der Waals surface area contributed by atoms with Gasteiger partial charge in [0.15, 0.2) is 0 Å². The third-order valence-corrected chi connectivity index (χ3v) is 1.47. The maximum atomic E-state index is 3.69. The Balaban J connectivity index is 2.74. The summed E-state index contributed by atoms with van der Waals surface area (Å²) in [6.45, 7) is 5.80. The molecule has 0 fully saturated rings. The zero-order chi connectivity index (χ0) is 6.69. The summed E-state index contributed by atoms with van der Waals surface area (Å²) in [5.74, 6) is 0. The summed E-state index contributed by atoms with van der Waals surface area (Å²) >= 11 is 0. The van der Waals surface area contributed by atoms with Gasteiger partial charge in [0.2, 0.25) is 0 Å². The molecule has 0 radical (unpaired) electrons. The van der Waals surface area contributed by atoms with Crippen molar-refractivity contribution in [3.8, 4) is 0 Å². The first-order valence-corrected chi connectivity index (χ1v) is 3.10. The number of rotatable bonds is 1. The molecular formula is C8H11N. The highest BCUT2D eigenvalue weighted by atomic mass is 14.9. The maximum absolute atomic E-state index is 3.69. The summed E-state index contributed by atoms with van der Waals surface area (Å²) in [6, 6.07) is 0.424. The molecule has 0 aromatic heterocycles. The van der Waals surface area contributed by atoms with E-state index in [2.05, 4.69) is 24.9 Å². The molecule has 0 aromatic rings. The molecule has 0 bridgehead atoms. The van der Waals surface area contributed by atoms with Crippen molar-refractivity contribution in [2.24, 2.45) is 0 Å². The number of hydrogen-bond donors (Lipinski definition) is 1. The van der Waals surface area contributed by atoms with Crippen LogP contribution in [0.2, 0.25) is 0 Å². The van der Waals surface area contributed by atoms with E-state index in [1.54, 1.807) is 0 Å². The normalized spacial score (nSPS) is 24.6. The van der Waals surface area contributed by atoms with E-state index < -0.39 is 0 Å². The van der Waals surface area contributed by atoms with Crippen molar-refractivity contribution in [3.05, 3.63) is 36.6 Å². The Labute approximate surface area is 55.8 Å². The van der Waals surface area contributed by atoms with Gasteiger partial charge in [0, 0.05) is 6.04 Å². The zero-order valence-corrected chi connectivity index (χ0v) is 5.59. The van der Waals surface area contributed by atoms with E-state index in [1.807, 2.05) is 18.4 Å². The smallest absolute Gasteiger partial charge is 0.0479 e. The number of dihydropyridines is 1. The Bertz CT molecular complexity index is 165. The van der Waals surface area contributed by atoms with Gasteiger partial charge >= 0.3 is 0 Å². The predicted molar refractivity (Wildman–Crippen MR) is 40.0 cm³/mol. The lowest BCUT2D eigenvalue weighted by Crippen LogP contribution is -2.23. The Kier molecular flexibility index (Phi) is 1.73. The fraction of sp³-hybridized carbons (Fsp3) is 0.250. The van der Waals surface area contributed by atoms with Crippen molar-refractivity contribution in [2.45, 2.75) is 13.0 Å². The Morgan fingerprint density at radius 1 is 1.78 bits per heavy atom. The monoisotopic (exact) mass is 121 g/mol. The van der Waals surface area contributed by atoms with Gasteiger partial charge in [0.25, 0.3) is 0 Å². The fourth-order valence-corrected chi connectivity index (χ4v) is 0.844. The van der Waals surface area contributed by atoms with E-state index >= 15 is 0 Å². The van der Waals surface area contributed by atoms with Crippen molar-refractivity contribution >= 4 is 0 Å². The lowest BCUT2D eigenvalue weighted by atomic mass is 10.1. The molecule has 1 atom stereocenters. The minimum absolute atomic E-state index is 0.424. The van der Waals surface area contributed by atoms with E-state index in [4.69, 9.17) is 0 Å². The molecule has 1 unspecified atom stereocenters. The second kappa shape index (κ2) is 2.53. The average Bonchev–Trinajstić information content (AvgIpc) is 1.89. The Morgan fingerprint density at radius 2 is 2.56 bits per heavy atom. The van der Waals surface area contributed by atoms with Crippen molar-refractivity contribution < 1.29 is 0 Å². The number of hydrogen-bond acceptors (Lipinski definition) is 1. The molecule has 1 heteroatoms. The van der Waals surface area contributed by atoms with Crippen molar-refractivity contribution in [1.82, 2.24) is 5.32 Å². The number of allylic oxidation sites excluding steroid dienone is 2. The molecule has 1 rings (SSSR count). The van der Waals surface area contributed by atoms with Gasteiger partial charge in [-0.15, -0.1) is 0 Å². The summed E-state index contributed by atoms with van der Waals surface area (Å²) in [7, 11) is 0. The molecule has 0 saturated carbocycles. The van der Waals surface area contributed by atoms with Gasteiger partial charge in [0.1, 0.15) is 0 Å². The topological polar surface area (TPSA) is 12.0 Å². The average molecular weight is 121 g/mol. The van der Waals surface area contributed by atoms with E-state index in [-0.39, 0.29) is 0 Å². The van der Waals surface area contributed by atoms with Crippen LogP contribution in [-0.4, -0.2) is 6.04 Å². The van der Waals surface area contributed by atoms with Crippen molar-refractivity contribution in [2.75, 3.05) is 0 Å². The van der Waals surface area contributed by atoms with E-state index in [9.17, 15) is 0 Å². The minimum atomic E-state index is 0.424. The van der Waals surface area contributed by atoms with Crippen LogP contribution in [0.15, 0.2) is 36.6 Å². The molecule has 0 spiro atoms. The molecule has 0 aromatic carbocycles. The van der Waals surface area contributed by atoms with Crippen LogP contribution in [0, 0.1) is 0 Å². The molecule has 1 aliphatic heterocycles. The summed E-state index contributed by atoms with van der Waals surface area (Å²) in [4.78, 5) is 0. The highest BCUT2D eigenvalue weighted by molar-refractivity contribution is 5.29. The maximum Gasteiger partial charge on any atom is 0.0479 e. The van der Waals surface area contributed by atoms with Crippen LogP contribution in [0.25, 0.3) is 0 Å². The van der Waals surface area contributed by atoms with Crippen LogP contribution in [-0.2, 0) is 0 Å². The van der Waals surface area contributed by atoms with E-state index in [0.29, 0.717) is 6.04 Å². The lowest BCUT2D eigenvalue weighted by molar-refractivity contribution is 0.734. The van der Waals surface area contributed by atoms with Gasteiger partial charge in [-0.2, -0.15) is 0 Å². The van der Waals surface area contributed by atoms with Crippen molar-refractivity contribution in [1.29, 1.82) is 0 Å². The SMILES string of the molecule is C=CC1=CC=CNC1C. The fourth-order valence-electron chi connectivity index (χ4n) is 0.844. The first kappa shape index (κ1) is 6.14. The van der Waals surface area contributed by atoms with Gasteiger partial charge in [-0.05, 0) is 24.8 Å². The molecule has 1 N–H and O–H groups in total. The third-order valence-electron chi connectivity index (χ3n) is 1.47. The van der Waals surface area contributed by atoms with Gasteiger partial charge in [-0.3, -0.25) is 0 Å². The zero-order valence-electron chi connectivity index (χ0n) is 5.59. The van der Waals surface area contributed by atoms with Crippen LogP contribution < -0.4 is 5.32 Å². The van der Waals surface area contributed by atoms with Crippen LogP contribution in [0.5, 0.6) is 0 Å². The molecular weight excluding hydrogens is 110 g/mol. The van der Waals surface area contributed by atoms with Crippen molar-refractivity contribution in [3.63, 3.8) is 0 Å². The molecule has 1 aliphatic rings.